The molecule has 0 aliphatic heterocycles. The third-order valence-electron chi connectivity index (χ3n) is 7.59. The first kappa shape index (κ1) is 24.5. The van der Waals surface area contributed by atoms with Crippen molar-refractivity contribution in [2.45, 2.75) is 64.9 Å². The van der Waals surface area contributed by atoms with E-state index >= 15 is 0 Å². The third kappa shape index (κ3) is 6.49. The maximum absolute atomic E-state index is 14.6. The van der Waals surface area contributed by atoms with Crippen LogP contribution in [0.1, 0.15) is 63.9 Å². The molecule has 2 aliphatic carbocycles. The highest BCUT2D eigenvalue weighted by Crippen LogP contribution is 2.41. The predicted molar refractivity (Wildman–Crippen MR) is 129 cm³/mol. The van der Waals surface area contributed by atoms with E-state index in [9.17, 15) is 13.6 Å². The Balaban J connectivity index is 1.23. The first-order valence-electron chi connectivity index (χ1n) is 12.6. The number of hydrogen-bond donors (Lipinski definition) is 1. The summed E-state index contributed by atoms with van der Waals surface area (Å²) in [6.45, 7) is 2.78. The van der Waals surface area contributed by atoms with Gasteiger partial charge in [0.05, 0.1) is 12.3 Å². The van der Waals surface area contributed by atoms with Gasteiger partial charge in [0.1, 0.15) is 6.61 Å². The van der Waals surface area contributed by atoms with E-state index in [-0.39, 0.29) is 18.0 Å². The molecule has 2 saturated carbocycles. The standard InChI is InChI=1S/C28H35F2NO3/c1-19-7-11-22(12-8-19)23-13-9-21(10-14-23)17-33-25-16-15-24(26(29)27(25)30)31-28(32)34-18-20-5-3-2-4-6-20/h2-6,15-16,19,21-23H,7-14,17-18H2,1H3,(H,31,32). The summed E-state index contributed by atoms with van der Waals surface area (Å²) in [7, 11) is 0. The number of nitrogens with one attached hydrogen (secondary N) is 1. The largest absolute Gasteiger partial charge is 0.490 e. The fourth-order valence-electron chi connectivity index (χ4n) is 5.40. The second-order valence-corrected chi connectivity index (χ2v) is 10.0. The summed E-state index contributed by atoms with van der Waals surface area (Å²) >= 11 is 0. The van der Waals surface area contributed by atoms with Crippen LogP contribution in [0.3, 0.4) is 0 Å². The van der Waals surface area contributed by atoms with E-state index in [4.69, 9.17) is 9.47 Å². The Labute approximate surface area is 201 Å². The van der Waals surface area contributed by atoms with E-state index in [0.29, 0.717) is 12.5 Å². The van der Waals surface area contributed by atoms with Crippen molar-refractivity contribution in [1.82, 2.24) is 0 Å². The molecule has 4 rings (SSSR count). The highest BCUT2D eigenvalue weighted by Gasteiger charge is 2.30. The highest BCUT2D eigenvalue weighted by atomic mass is 19.2. The van der Waals surface area contributed by atoms with E-state index in [1.54, 1.807) is 0 Å². The monoisotopic (exact) mass is 471 g/mol. The van der Waals surface area contributed by atoms with Crippen LogP contribution in [0.2, 0.25) is 0 Å². The number of ether oxygens (including phenoxy) is 2. The summed E-state index contributed by atoms with van der Waals surface area (Å²) in [5, 5.41) is 2.26. The van der Waals surface area contributed by atoms with Crippen LogP contribution in [-0.2, 0) is 11.3 Å². The maximum Gasteiger partial charge on any atom is 0.412 e. The Morgan fingerprint density at radius 3 is 2.21 bits per heavy atom. The molecule has 6 heteroatoms. The zero-order valence-electron chi connectivity index (χ0n) is 19.9. The van der Waals surface area contributed by atoms with Crippen LogP contribution in [0, 0.1) is 35.3 Å². The number of amides is 1. The minimum Gasteiger partial charge on any atom is -0.490 e. The second-order valence-electron chi connectivity index (χ2n) is 10.0. The second kappa shape index (κ2) is 11.7. The van der Waals surface area contributed by atoms with Crippen molar-refractivity contribution in [3.8, 4) is 5.75 Å². The van der Waals surface area contributed by atoms with Gasteiger partial charge in [-0.3, -0.25) is 5.32 Å². The van der Waals surface area contributed by atoms with Crippen LogP contribution in [-0.4, -0.2) is 12.7 Å². The number of carbonyl (C=O) groups is 1. The molecule has 0 unspecified atom stereocenters. The van der Waals surface area contributed by atoms with Gasteiger partial charge in [0.15, 0.2) is 11.6 Å². The van der Waals surface area contributed by atoms with Crippen LogP contribution < -0.4 is 10.1 Å². The van der Waals surface area contributed by atoms with E-state index < -0.39 is 17.7 Å². The van der Waals surface area contributed by atoms with Crippen LogP contribution in [0.4, 0.5) is 19.3 Å². The molecule has 4 nitrogen and oxygen atoms in total. The zero-order valence-corrected chi connectivity index (χ0v) is 19.9. The van der Waals surface area contributed by atoms with Crippen LogP contribution in [0.25, 0.3) is 0 Å². The average Bonchev–Trinajstić information content (AvgIpc) is 2.87. The van der Waals surface area contributed by atoms with Gasteiger partial charge in [0.25, 0.3) is 0 Å². The van der Waals surface area contributed by atoms with Gasteiger partial charge in [-0.15, -0.1) is 0 Å². The number of rotatable bonds is 7. The molecule has 0 aromatic heterocycles. The quantitative estimate of drug-likeness (QED) is 0.450. The minimum absolute atomic E-state index is 0.0417. The summed E-state index contributed by atoms with van der Waals surface area (Å²) in [6, 6.07) is 11.8. The Morgan fingerprint density at radius 1 is 0.882 bits per heavy atom. The fraction of sp³-hybridized carbons (Fsp3) is 0.536. The van der Waals surface area contributed by atoms with Crippen LogP contribution >= 0.6 is 0 Å². The fourth-order valence-corrected chi connectivity index (χ4v) is 5.40. The summed E-state index contributed by atoms with van der Waals surface area (Å²) in [6.07, 6.45) is 9.15. The van der Waals surface area contributed by atoms with Gasteiger partial charge in [0.2, 0.25) is 5.82 Å². The van der Waals surface area contributed by atoms with E-state index in [1.807, 2.05) is 30.3 Å². The Hall–Kier alpha value is -2.63. The highest BCUT2D eigenvalue weighted by molar-refractivity contribution is 5.84. The molecule has 34 heavy (non-hydrogen) atoms. The summed E-state index contributed by atoms with van der Waals surface area (Å²) in [5.74, 6) is 0.554. The molecule has 184 valence electrons. The topological polar surface area (TPSA) is 47.6 Å². The van der Waals surface area contributed by atoms with Gasteiger partial charge in [-0.05, 0) is 79.9 Å². The SMILES string of the molecule is CC1CCC(C2CCC(COc3ccc(NC(=O)OCc4ccccc4)c(F)c3F)CC2)CC1. The first-order chi connectivity index (χ1) is 16.5. The van der Waals surface area contributed by atoms with Crippen molar-refractivity contribution in [3.63, 3.8) is 0 Å². The summed E-state index contributed by atoms with van der Waals surface area (Å²) in [5.41, 5.74) is 0.528. The molecule has 0 bridgehead atoms. The molecule has 0 heterocycles. The third-order valence-corrected chi connectivity index (χ3v) is 7.59. The van der Waals surface area contributed by atoms with Crippen LogP contribution in [0.15, 0.2) is 42.5 Å². The van der Waals surface area contributed by atoms with Gasteiger partial charge in [-0.1, -0.05) is 50.1 Å². The molecular weight excluding hydrogens is 436 g/mol. The van der Waals surface area contributed by atoms with Gasteiger partial charge in [0, 0.05) is 0 Å². The maximum atomic E-state index is 14.6. The Kier molecular flexibility index (Phi) is 8.41. The van der Waals surface area contributed by atoms with Crippen molar-refractivity contribution in [1.29, 1.82) is 0 Å². The van der Waals surface area contributed by atoms with E-state index in [1.165, 1.54) is 50.7 Å². The average molecular weight is 472 g/mol. The number of anilines is 1. The molecule has 2 aromatic carbocycles. The molecular formula is C28H35F2NO3. The van der Waals surface area contributed by atoms with E-state index in [2.05, 4.69) is 12.2 Å². The smallest absolute Gasteiger partial charge is 0.412 e. The lowest BCUT2D eigenvalue weighted by Crippen LogP contribution is -2.27. The van der Waals surface area contributed by atoms with Crippen molar-refractivity contribution in [3.05, 3.63) is 59.7 Å². The number of halogens is 2. The molecule has 1 amide bonds. The minimum atomic E-state index is -1.15. The Morgan fingerprint density at radius 2 is 1.53 bits per heavy atom. The van der Waals surface area contributed by atoms with Crippen molar-refractivity contribution in [2.24, 2.45) is 23.7 Å². The first-order valence-corrected chi connectivity index (χ1v) is 12.6. The molecule has 0 atom stereocenters. The summed E-state index contributed by atoms with van der Waals surface area (Å²) < 4.78 is 39.8. The van der Waals surface area contributed by atoms with Gasteiger partial charge in [-0.2, -0.15) is 4.39 Å². The van der Waals surface area contributed by atoms with E-state index in [0.717, 1.165) is 36.2 Å². The van der Waals surface area contributed by atoms with Crippen molar-refractivity contribution in [2.75, 3.05) is 11.9 Å². The number of benzene rings is 2. The summed E-state index contributed by atoms with van der Waals surface area (Å²) in [4.78, 5) is 12.0. The van der Waals surface area contributed by atoms with Crippen molar-refractivity contribution >= 4 is 11.8 Å². The van der Waals surface area contributed by atoms with Crippen LogP contribution in [0.5, 0.6) is 5.75 Å². The molecule has 1 N–H and O–H groups in total. The molecule has 0 radical (unpaired) electrons. The molecule has 2 aromatic rings. The molecule has 2 fully saturated rings. The lowest BCUT2D eigenvalue weighted by atomic mass is 9.69. The zero-order chi connectivity index (χ0) is 23.9. The van der Waals surface area contributed by atoms with Gasteiger partial charge >= 0.3 is 6.09 Å². The molecule has 0 saturated heterocycles. The molecule has 0 spiro atoms. The number of hydrogen-bond acceptors (Lipinski definition) is 3. The number of carbonyl (C=O) groups excluding carboxylic acids is 1. The lowest BCUT2D eigenvalue weighted by molar-refractivity contribution is 0.124. The predicted octanol–water partition coefficient (Wildman–Crippen LogP) is 7.73. The normalized spacial score (nSPS) is 24.9. The van der Waals surface area contributed by atoms with Gasteiger partial charge in [-0.25, -0.2) is 9.18 Å². The molecule has 2 aliphatic rings. The Bertz CT molecular complexity index is 936. The lowest BCUT2D eigenvalue weighted by Gasteiger charge is -2.37. The van der Waals surface area contributed by atoms with Gasteiger partial charge < -0.3 is 9.47 Å². The van der Waals surface area contributed by atoms with Crippen molar-refractivity contribution < 1.29 is 23.0 Å².